The molecule has 0 radical (unpaired) electrons. The van der Waals surface area contributed by atoms with Crippen LogP contribution >= 0.6 is 0 Å². The van der Waals surface area contributed by atoms with Crippen LogP contribution in [0.25, 0.3) is 0 Å². The second-order valence-corrected chi connectivity index (χ2v) is 8.14. The summed E-state index contributed by atoms with van der Waals surface area (Å²) in [5, 5.41) is 0. The summed E-state index contributed by atoms with van der Waals surface area (Å²) in [6, 6.07) is 8.96. The summed E-state index contributed by atoms with van der Waals surface area (Å²) >= 11 is 0. The lowest BCUT2D eigenvalue weighted by Crippen LogP contribution is -2.52. The van der Waals surface area contributed by atoms with Crippen LogP contribution in [-0.2, 0) is 5.41 Å². The van der Waals surface area contributed by atoms with Gasteiger partial charge in [0.05, 0.1) is 7.11 Å². The number of nitrogens with zero attached hydrogens (tertiary/aromatic N) is 1. The Kier molecular flexibility index (Phi) is 4.36. The summed E-state index contributed by atoms with van der Waals surface area (Å²) in [5.74, 6) is 2.87. The molecule has 0 N–H and O–H groups in total. The van der Waals surface area contributed by atoms with Gasteiger partial charge in [0, 0.05) is 18.5 Å². The first-order valence-corrected chi connectivity index (χ1v) is 9.67. The van der Waals surface area contributed by atoms with Gasteiger partial charge in [0.1, 0.15) is 5.75 Å². The van der Waals surface area contributed by atoms with E-state index in [1.54, 1.807) is 12.7 Å². The number of rotatable bonds is 4. The highest BCUT2D eigenvalue weighted by Gasteiger charge is 2.45. The average molecular weight is 313 g/mol. The Balaban J connectivity index is 1.55. The van der Waals surface area contributed by atoms with E-state index in [0.717, 1.165) is 17.6 Å². The third kappa shape index (κ3) is 2.91. The first-order valence-electron chi connectivity index (χ1n) is 9.67. The third-order valence-corrected chi connectivity index (χ3v) is 6.95. The smallest absolute Gasteiger partial charge is 0.119 e. The van der Waals surface area contributed by atoms with E-state index in [-0.39, 0.29) is 0 Å². The lowest BCUT2D eigenvalue weighted by molar-refractivity contribution is 0.0392. The molecule has 0 spiro atoms. The topological polar surface area (TPSA) is 12.5 Å². The maximum Gasteiger partial charge on any atom is 0.119 e. The van der Waals surface area contributed by atoms with E-state index in [1.165, 1.54) is 71.0 Å². The second kappa shape index (κ2) is 6.47. The zero-order chi connectivity index (χ0) is 15.7. The molecule has 126 valence electrons. The maximum atomic E-state index is 5.51. The normalized spacial score (nSPS) is 32.1. The molecule has 0 aromatic heterocycles. The molecule has 0 amide bonds. The van der Waals surface area contributed by atoms with Crippen molar-refractivity contribution >= 4 is 0 Å². The largest absolute Gasteiger partial charge is 0.497 e. The van der Waals surface area contributed by atoms with Crippen LogP contribution in [-0.4, -0.2) is 31.6 Å². The molecule has 0 bridgehead atoms. The summed E-state index contributed by atoms with van der Waals surface area (Å²) in [4.78, 5) is 2.79. The number of likely N-dealkylation sites (tertiary alicyclic amines) is 1. The van der Waals surface area contributed by atoms with Crippen LogP contribution in [0.1, 0.15) is 56.9 Å². The van der Waals surface area contributed by atoms with Gasteiger partial charge in [-0.1, -0.05) is 31.4 Å². The van der Waals surface area contributed by atoms with Crippen molar-refractivity contribution in [2.75, 3.05) is 26.7 Å². The quantitative estimate of drug-likeness (QED) is 0.803. The Hall–Kier alpha value is -1.02. The molecular formula is C21H31NO. The number of benzene rings is 1. The predicted molar refractivity (Wildman–Crippen MR) is 95.0 cm³/mol. The molecule has 2 atom stereocenters. The van der Waals surface area contributed by atoms with Crippen LogP contribution in [0.3, 0.4) is 0 Å². The number of hydrogen-bond acceptors (Lipinski definition) is 2. The van der Waals surface area contributed by atoms with Crippen molar-refractivity contribution in [3.63, 3.8) is 0 Å². The molecule has 2 nitrogen and oxygen atoms in total. The Labute approximate surface area is 141 Å². The molecule has 2 aliphatic carbocycles. The van der Waals surface area contributed by atoms with Gasteiger partial charge in [-0.05, 0) is 68.2 Å². The van der Waals surface area contributed by atoms with E-state index in [9.17, 15) is 0 Å². The summed E-state index contributed by atoms with van der Waals surface area (Å²) in [7, 11) is 1.79. The average Bonchev–Trinajstić information content (AvgIpc) is 2.58. The molecule has 1 saturated heterocycles. The Morgan fingerprint density at radius 2 is 2.04 bits per heavy atom. The number of piperidine rings is 1. The van der Waals surface area contributed by atoms with Gasteiger partial charge in [-0.25, -0.2) is 0 Å². The minimum absolute atomic E-state index is 0.420. The van der Waals surface area contributed by atoms with Crippen molar-refractivity contribution in [2.24, 2.45) is 11.8 Å². The van der Waals surface area contributed by atoms with Gasteiger partial charge in [-0.15, -0.1) is 0 Å². The van der Waals surface area contributed by atoms with E-state index in [1.807, 2.05) is 0 Å². The van der Waals surface area contributed by atoms with E-state index < -0.39 is 0 Å². The molecule has 1 aliphatic heterocycles. The molecule has 23 heavy (non-hydrogen) atoms. The van der Waals surface area contributed by atoms with Crippen LogP contribution in [0.5, 0.6) is 5.75 Å². The van der Waals surface area contributed by atoms with Crippen LogP contribution < -0.4 is 4.74 Å². The van der Waals surface area contributed by atoms with Gasteiger partial charge in [-0.3, -0.25) is 0 Å². The van der Waals surface area contributed by atoms with E-state index in [0.29, 0.717) is 5.41 Å². The van der Waals surface area contributed by atoms with Gasteiger partial charge in [0.25, 0.3) is 0 Å². The zero-order valence-electron chi connectivity index (χ0n) is 14.6. The van der Waals surface area contributed by atoms with Crippen molar-refractivity contribution in [3.05, 3.63) is 29.8 Å². The standard InChI is InChI=1S/C21H31NO/c1-23-20-10-5-9-18(14-20)21-11-3-2-8-19(21)16-22(13-12-21)15-17-6-4-7-17/h5,9-10,14,17,19H,2-4,6-8,11-13,15-16H2,1H3/t19-,21-/m1/s1. The number of ether oxygens (including phenoxy) is 1. The van der Waals surface area contributed by atoms with E-state index >= 15 is 0 Å². The second-order valence-electron chi connectivity index (χ2n) is 8.14. The summed E-state index contributed by atoms with van der Waals surface area (Å²) < 4.78 is 5.51. The van der Waals surface area contributed by atoms with Crippen LogP contribution in [0, 0.1) is 11.8 Å². The molecule has 2 heteroatoms. The van der Waals surface area contributed by atoms with Crippen LogP contribution in [0.2, 0.25) is 0 Å². The molecule has 1 aromatic carbocycles. The third-order valence-electron chi connectivity index (χ3n) is 6.95. The van der Waals surface area contributed by atoms with E-state index in [2.05, 4.69) is 29.2 Å². The number of methoxy groups -OCH3 is 1. The van der Waals surface area contributed by atoms with Crippen LogP contribution in [0.15, 0.2) is 24.3 Å². The predicted octanol–water partition coefficient (Wildman–Crippen LogP) is 4.63. The van der Waals surface area contributed by atoms with Gasteiger partial charge in [0.15, 0.2) is 0 Å². The Morgan fingerprint density at radius 1 is 1.13 bits per heavy atom. The minimum atomic E-state index is 0.420. The Bertz CT molecular complexity index is 538. The molecule has 4 rings (SSSR count). The summed E-state index contributed by atoms with van der Waals surface area (Å²) in [6.07, 6.45) is 11.4. The highest BCUT2D eigenvalue weighted by atomic mass is 16.5. The number of fused-ring (bicyclic) bond motifs is 1. The first-order chi connectivity index (χ1) is 11.3. The molecule has 0 unspecified atom stereocenters. The van der Waals surface area contributed by atoms with Crippen molar-refractivity contribution in [2.45, 2.75) is 56.8 Å². The fraction of sp³-hybridized carbons (Fsp3) is 0.714. The maximum absolute atomic E-state index is 5.51. The SMILES string of the molecule is COc1cccc([C@]23CCCC[C@@H]2CN(CC2CCC2)CC3)c1. The van der Waals surface area contributed by atoms with Gasteiger partial charge >= 0.3 is 0 Å². The molecule has 3 fully saturated rings. The molecule has 3 aliphatic rings. The molecule has 2 saturated carbocycles. The van der Waals surface area contributed by atoms with Gasteiger partial charge in [0.2, 0.25) is 0 Å². The minimum Gasteiger partial charge on any atom is -0.497 e. The van der Waals surface area contributed by atoms with Crippen molar-refractivity contribution < 1.29 is 4.74 Å². The van der Waals surface area contributed by atoms with Crippen molar-refractivity contribution in [1.82, 2.24) is 4.90 Å². The summed E-state index contributed by atoms with van der Waals surface area (Å²) in [5.41, 5.74) is 1.97. The highest BCUT2D eigenvalue weighted by Crippen LogP contribution is 2.49. The van der Waals surface area contributed by atoms with Crippen molar-refractivity contribution in [3.8, 4) is 5.75 Å². The zero-order valence-corrected chi connectivity index (χ0v) is 14.6. The molecule has 1 aromatic rings. The monoisotopic (exact) mass is 313 g/mol. The van der Waals surface area contributed by atoms with E-state index in [4.69, 9.17) is 4.74 Å². The lowest BCUT2D eigenvalue weighted by Gasteiger charge is -2.52. The Morgan fingerprint density at radius 3 is 2.83 bits per heavy atom. The van der Waals surface area contributed by atoms with Gasteiger partial charge in [-0.2, -0.15) is 0 Å². The molecule has 1 heterocycles. The van der Waals surface area contributed by atoms with Crippen molar-refractivity contribution in [1.29, 1.82) is 0 Å². The highest BCUT2D eigenvalue weighted by molar-refractivity contribution is 5.35. The number of hydrogen-bond donors (Lipinski definition) is 0. The fourth-order valence-electron chi connectivity index (χ4n) is 5.33. The first kappa shape index (κ1) is 15.5. The molecular weight excluding hydrogens is 282 g/mol. The lowest BCUT2D eigenvalue weighted by atomic mass is 9.59. The summed E-state index contributed by atoms with van der Waals surface area (Å²) in [6.45, 7) is 3.99. The fourth-order valence-corrected chi connectivity index (χ4v) is 5.33. The van der Waals surface area contributed by atoms with Crippen LogP contribution in [0.4, 0.5) is 0 Å². The van der Waals surface area contributed by atoms with Gasteiger partial charge < -0.3 is 9.64 Å².